The van der Waals surface area contributed by atoms with Gasteiger partial charge in [0.2, 0.25) is 5.91 Å². The molecule has 0 bridgehead atoms. The zero-order valence-electron chi connectivity index (χ0n) is 35.5. The Bertz CT molecular complexity index is 2960. The molecule has 1 amide bonds. The van der Waals surface area contributed by atoms with Crippen molar-refractivity contribution in [2.75, 3.05) is 11.9 Å². The number of nitrogens with one attached hydrogen (secondary N) is 2. The number of thiazole rings is 1. The summed E-state index contributed by atoms with van der Waals surface area (Å²) in [6, 6.07) is 30.3. The van der Waals surface area contributed by atoms with Gasteiger partial charge < -0.3 is 30.0 Å². The minimum Gasteiger partial charge on any atom is -0.489 e. The molecule has 3 N–H and O–H groups in total. The van der Waals surface area contributed by atoms with Crippen LogP contribution in [0.2, 0.25) is 10.0 Å². The third kappa shape index (κ3) is 9.70. The molecule has 1 aliphatic carbocycles. The summed E-state index contributed by atoms with van der Waals surface area (Å²) in [4.78, 5) is 31.7. The SMILES string of the molecule is Cc1nc(NC2CCC2)sc1S(=O)(=O)N1Cc2cc3c(cc2CC1C(=O)NC(Cc1ccc(-c2ccc(C#N)cc2)cc1)C(=O)O)OCC(c1ccc(OCc2ccc(Cl)c(Cl)c2)cc1)O3. The van der Waals surface area contributed by atoms with E-state index in [9.17, 15) is 23.1 Å². The number of aromatic nitrogens is 1. The number of hydrogen-bond acceptors (Lipinski definition) is 11. The topological polar surface area (TPSA) is 180 Å². The summed E-state index contributed by atoms with van der Waals surface area (Å²) in [6.45, 7) is 1.92. The lowest BCUT2D eigenvalue weighted by molar-refractivity contribution is -0.142. The van der Waals surface area contributed by atoms with Gasteiger partial charge >= 0.3 is 5.97 Å². The Morgan fingerprint density at radius 3 is 2.30 bits per heavy atom. The van der Waals surface area contributed by atoms with E-state index in [1.165, 1.54) is 0 Å². The van der Waals surface area contributed by atoms with Crippen LogP contribution in [0, 0.1) is 18.3 Å². The summed E-state index contributed by atoms with van der Waals surface area (Å²) in [7, 11) is -4.36. The van der Waals surface area contributed by atoms with Crippen LogP contribution in [0.3, 0.4) is 0 Å². The van der Waals surface area contributed by atoms with Crippen molar-refractivity contribution in [3.8, 4) is 34.4 Å². The third-order valence-electron chi connectivity index (χ3n) is 12.0. The first kappa shape index (κ1) is 45.0. The van der Waals surface area contributed by atoms with Gasteiger partial charge in [0.25, 0.3) is 10.0 Å². The Kier molecular flexibility index (Phi) is 13.0. The number of carbonyl (C=O) groups is 2. The number of fused-ring (bicyclic) bond motifs is 2. The van der Waals surface area contributed by atoms with Crippen LogP contribution in [0.5, 0.6) is 17.2 Å². The molecule has 17 heteroatoms. The maximum atomic E-state index is 14.8. The van der Waals surface area contributed by atoms with Crippen LogP contribution in [0.15, 0.2) is 107 Å². The number of amides is 1. The number of benzene rings is 5. The molecule has 9 rings (SSSR count). The number of nitrogens with zero attached hydrogens (tertiary/aromatic N) is 3. The Morgan fingerprint density at radius 2 is 1.64 bits per heavy atom. The predicted octanol–water partition coefficient (Wildman–Crippen LogP) is 9.28. The van der Waals surface area contributed by atoms with E-state index >= 15 is 0 Å². The minimum absolute atomic E-state index is 0.00436. The Morgan fingerprint density at radius 1 is 0.939 bits per heavy atom. The molecule has 0 saturated heterocycles. The van der Waals surface area contributed by atoms with Gasteiger partial charge in [-0.1, -0.05) is 89.1 Å². The predicted molar refractivity (Wildman–Crippen MR) is 251 cm³/mol. The van der Waals surface area contributed by atoms with Gasteiger partial charge in [0.15, 0.2) is 26.9 Å². The Labute approximate surface area is 395 Å². The average Bonchev–Trinajstić information content (AvgIpc) is 3.70. The third-order valence-corrected chi connectivity index (χ3v) is 16.3. The van der Waals surface area contributed by atoms with Crippen LogP contribution in [0.25, 0.3) is 11.1 Å². The molecule has 6 aromatic rings. The molecule has 2 aliphatic heterocycles. The second-order valence-corrected chi connectivity index (χ2v) is 20.4. The van der Waals surface area contributed by atoms with E-state index in [4.69, 9.17) is 42.7 Å². The monoisotopic (exact) mass is 963 g/mol. The molecule has 3 heterocycles. The van der Waals surface area contributed by atoms with Gasteiger partial charge in [0, 0.05) is 19.0 Å². The largest absolute Gasteiger partial charge is 0.489 e. The number of sulfonamides is 1. The lowest BCUT2D eigenvalue weighted by Crippen LogP contribution is -2.55. The number of anilines is 1. The number of ether oxygens (including phenoxy) is 3. The van der Waals surface area contributed by atoms with Crippen LogP contribution in [-0.4, -0.2) is 59.4 Å². The molecule has 66 heavy (non-hydrogen) atoms. The van der Waals surface area contributed by atoms with E-state index in [2.05, 4.69) is 21.7 Å². The van der Waals surface area contributed by atoms with E-state index in [1.54, 1.807) is 55.5 Å². The quantitative estimate of drug-likeness (QED) is 0.0947. The van der Waals surface area contributed by atoms with Gasteiger partial charge in [-0.3, -0.25) is 4.79 Å². The molecular weight excluding hydrogens is 922 g/mol. The number of aryl methyl sites for hydroxylation is 1. The first-order valence-electron chi connectivity index (χ1n) is 21.3. The number of carbonyl (C=O) groups excluding carboxylic acids is 1. The van der Waals surface area contributed by atoms with Crippen molar-refractivity contribution in [1.29, 1.82) is 5.26 Å². The molecule has 5 aromatic carbocycles. The summed E-state index contributed by atoms with van der Waals surface area (Å²) >= 11 is 13.2. The van der Waals surface area contributed by atoms with Crippen LogP contribution < -0.4 is 24.8 Å². The van der Waals surface area contributed by atoms with Crippen molar-refractivity contribution < 1.29 is 37.3 Å². The molecule has 1 aromatic heterocycles. The number of nitriles is 1. The maximum Gasteiger partial charge on any atom is 0.326 e. The zero-order chi connectivity index (χ0) is 46.1. The summed E-state index contributed by atoms with van der Waals surface area (Å²) in [5.41, 5.74) is 6.24. The molecule has 0 radical (unpaired) electrons. The van der Waals surface area contributed by atoms with Gasteiger partial charge in [0.1, 0.15) is 31.0 Å². The van der Waals surface area contributed by atoms with Crippen LogP contribution in [0.4, 0.5) is 5.13 Å². The lowest BCUT2D eigenvalue weighted by Gasteiger charge is -2.36. The van der Waals surface area contributed by atoms with E-state index in [-0.39, 0.29) is 36.2 Å². The molecule has 3 unspecified atom stereocenters. The second-order valence-electron chi connectivity index (χ2n) is 16.5. The molecule has 13 nitrogen and oxygen atoms in total. The van der Waals surface area contributed by atoms with Crippen molar-refractivity contribution in [3.63, 3.8) is 0 Å². The van der Waals surface area contributed by atoms with Crippen LogP contribution in [0.1, 0.15) is 64.4 Å². The van der Waals surface area contributed by atoms with Gasteiger partial charge in [-0.05, 0) is 120 Å². The molecule has 3 aliphatic rings. The Hall–Kier alpha value is -6.15. The molecule has 0 spiro atoms. The van der Waals surface area contributed by atoms with E-state index < -0.39 is 40.1 Å². The molecule has 338 valence electrons. The molecule has 3 atom stereocenters. The second kappa shape index (κ2) is 19.0. The normalized spacial score (nSPS) is 17.4. The summed E-state index contributed by atoms with van der Waals surface area (Å²) in [5, 5.41) is 26.9. The fourth-order valence-electron chi connectivity index (χ4n) is 8.13. The highest BCUT2D eigenvalue weighted by Gasteiger charge is 2.43. The highest BCUT2D eigenvalue weighted by atomic mass is 35.5. The highest BCUT2D eigenvalue weighted by Crippen LogP contribution is 2.43. The fourth-order valence-corrected chi connectivity index (χ4v) is 11.6. The molecule has 1 fully saturated rings. The van der Waals surface area contributed by atoms with Gasteiger partial charge in [-0.25, -0.2) is 18.2 Å². The maximum absolute atomic E-state index is 14.8. The average molecular weight is 965 g/mol. The van der Waals surface area contributed by atoms with Crippen molar-refractivity contribution in [2.45, 2.75) is 80.6 Å². The fraction of sp³-hybridized carbons (Fsp3) is 0.265. The number of aliphatic carboxylic acids is 1. The first-order valence-corrected chi connectivity index (χ1v) is 24.3. The zero-order valence-corrected chi connectivity index (χ0v) is 38.6. The molecular formula is C49H43Cl2N5O8S2. The van der Waals surface area contributed by atoms with Crippen molar-refractivity contribution in [3.05, 3.63) is 152 Å². The van der Waals surface area contributed by atoms with E-state index in [1.807, 2.05) is 54.6 Å². The smallest absolute Gasteiger partial charge is 0.326 e. The highest BCUT2D eigenvalue weighted by molar-refractivity contribution is 7.91. The molecule has 1 saturated carbocycles. The van der Waals surface area contributed by atoms with Crippen molar-refractivity contribution in [1.82, 2.24) is 14.6 Å². The van der Waals surface area contributed by atoms with Crippen molar-refractivity contribution in [2.24, 2.45) is 0 Å². The van der Waals surface area contributed by atoms with E-state index in [0.29, 0.717) is 67.0 Å². The number of carboxylic acid groups (broad SMARTS) is 1. The summed E-state index contributed by atoms with van der Waals surface area (Å²) in [5.74, 6) is -0.514. The number of halogens is 2. The van der Waals surface area contributed by atoms with Gasteiger partial charge in [-0.15, -0.1) is 0 Å². The lowest BCUT2D eigenvalue weighted by atomic mass is 9.93. The van der Waals surface area contributed by atoms with Crippen LogP contribution in [-0.2, 0) is 45.6 Å². The van der Waals surface area contributed by atoms with Gasteiger partial charge in [-0.2, -0.15) is 9.57 Å². The van der Waals surface area contributed by atoms with Crippen molar-refractivity contribution >= 4 is 61.6 Å². The minimum atomic E-state index is -4.36. The first-order chi connectivity index (χ1) is 31.8. The standard InChI is InChI=1S/C49H43Cl2N5O8S2/c1-28-48(65-49(53-28)54-37-3-2-4-37)66(60,61)56-25-36-23-44-43(63-27-45(64-44)34-14-16-38(17-15-34)62-26-31-9-18-39(50)40(51)19-31)22-35(36)21-42(56)46(57)55-41(47(58)59)20-29-5-10-32(11-6-29)33-12-7-30(24-52)8-13-33/h5-19,22-23,37,41-42,45H,2-4,20-21,25-27H2,1H3,(H,53,54)(H,55,57)(H,58,59). The van der Waals surface area contributed by atoms with Crippen LogP contribution >= 0.6 is 34.5 Å². The number of carboxylic acids is 1. The van der Waals surface area contributed by atoms with Gasteiger partial charge in [0.05, 0.1) is 27.4 Å². The summed E-state index contributed by atoms with van der Waals surface area (Å²) in [6.07, 6.45) is 2.43. The Balaban J connectivity index is 0.948. The number of rotatable bonds is 14. The van der Waals surface area contributed by atoms with E-state index in [0.717, 1.165) is 57.2 Å². The number of hydrogen-bond donors (Lipinski definition) is 3. The summed E-state index contributed by atoms with van der Waals surface area (Å²) < 4.78 is 49.4.